The monoisotopic (exact) mass is 654 g/mol. The summed E-state index contributed by atoms with van der Waals surface area (Å²) >= 11 is 0. The molecule has 0 heterocycles. The lowest BCUT2D eigenvalue weighted by molar-refractivity contribution is -0.138. The van der Waals surface area contributed by atoms with Gasteiger partial charge in [-0.1, -0.05) is 52.0 Å². The molecular formula is C42H36F6. The highest BCUT2D eigenvalue weighted by molar-refractivity contribution is 6.31. The Morgan fingerprint density at radius 3 is 1.12 bits per heavy atom. The second kappa shape index (κ2) is 9.77. The predicted octanol–water partition coefficient (Wildman–Crippen LogP) is 13.4. The van der Waals surface area contributed by atoms with Crippen LogP contribution >= 0.6 is 0 Å². The van der Waals surface area contributed by atoms with Crippen molar-refractivity contribution in [2.24, 2.45) is 0 Å². The number of hydrogen-bond acceptors (Lipinski definition) is 0. The molecule has 0 unspecified atom stereocenters. The van der Waals surface area contributed by atoms with Gasteiger partial charge in [-0.15, -0.1) is 0 Å². The fourth-order valence-corrected chi connectivity index (χ4v) is 9.88. The summed E-state index contributed by atoms with van der Waals surface area (Å²) in [5.41, 5.74) is 6.61. The summed E-state index contributed by atoms with van der Waals surface area (Å²) in [5, 5.41) is 6.41. The van der Waals surface area contributed by atoms with Crippen LogP contribution < -0.4 is 0 Å². The first-order valence-corrected chi connectivity index (χ1v) is 16.9. The van der Waals surface area contributed by atoms with Crippen LogP contribution in [0.2, 0.25) is 0 Å². The number of aryl methyl sites for hydroxylation is 2. The zero-order chi connectivity index (χ0) is 34.3. The first-order valence-electron chi connectivity index (χ1n) is 16.9. The van der Waals surface area contributed by atoms with Crippen molar-refractivity contribution in [3.8, 4) is 22.3 Å². The molecule has 6 aromatic rings. The second-order valence-electron chi connectivity index (χ2n) is 14.0. The van der Waals surface area contributed by atoms with Crippen molar-refractivity contribution in [1.82, 2.24) is 0 Å². The Bertz CT molecular complexity index is 2160. The van der Waals surface area contributed by atoms with Crippen LogP contribution in [0.3, 0.4) is 0 Å². The lowest BCUT2D eigenvalue weighted by Gasteiger charge is -2.43. The van der Waals surface area contributed by atoms with Crippen molar-refractivity contribution >= 4 is 32.3 Å². The van der Waals surface area contributed by atoms with Crippen LogP contribution in [0.4, 0.5) is 26.3 Å². The summed E-state index contributed by atoms with van der Waals surface area (Å²) < 4.78 is 84.8. The van der Waals surface area contributed by atoms with Gasteiger partial charge in [0.05, 0.1) is 11.1 Å². The van der Waals surface area contributed by atoms with Gasteiger partial charge in [0.15, 0.2) is 0 Å². The first-order chi connectivity index (χ1) is 22.7. The standard InChI is InChI=1S/C42H36F6/c1-7-39(8-2)29-19-25(41(43,44)45)11-13-27(29)33-21(5)16-24-18-32-38-34(22(6)15-23-17-31(39)37(33)35(24)36(23)38)28-14-12-26(42(46,47)48)20-30(28)40(32,9-3)10-4/h11-20H,7-10H2,1-6H3. The molecule has 2 aliphatic carbocycles. The molecule has 0 radical (unpaired) electrons. The molecule has 0 aromatic heterocycles. The molecule has 0 fully saturated rings. The van der Waals surface area contributed by atoms with Crippen molar-refractivity contribution < 1.29 is 26.3 Å². The van der Waals surface area contributed by atoms with E-state index in [0.29, 0.717) is 25.7 Å². The molecule has 0 bridgehead atoms. The number of hydrogen-bond donors (Lipinski definition) is 0. The largest absolute Gasteiger partial charge is 0.416 e. The van der Waals surface area contributed by atoms with E-state index in [4.69, 9.17) is 0 Å². The number of alkyl halides is 6. The number of halogens is 6. The smallest absolute Gasteiger partial charge is 0.166 e. The molecule has 0 nitrogen and oxygen atoms in total. The topological polar surface area (TPSA) is 0 Å². The summed E-state index contributed by atoms with van der Waals surface area (Å²) in [6, 6.07) is 17.2. The van der Waals surface area contributed by atoms with Gasteiger partial charge in [-0.25, -0.2) is 0 Å². The third kappa shape index (κ3) is 3.69. The van der Waals surface area contributed by atoms with Gasteiger partial charge >= 0.3 is 12.4 Å². The normalized spacial score (nSPS) is 16.2. The van der Waals surface area contributed by atoms with Crippen LogP contribution in [-0.2, 0) is 23.2 Å². The molecule has 0 spiro atoms. The third-order valence-electron chi connectivity index (χ3n) is 12.2. The molecule has 48 heavy (non-hydrogen) atoms. The molecule has 8 rings (SSSR count). The molecule has 0 saturated carbocycles. The Labute approximate surface area is 276 Å². The van der Waals surface area contributed by atoms with E-state index in [2.05, 4.69) is 52.0 Å². The fourth-order valence-electron chi connectivity index (χ4n) is 9.88. The minimum atomic E-state index is -4.46. The molecule has 2 aliphatic rings. The lowest BCUT2D eigenvalue weighted by atomic mass is 9.59. The number of benzene rings is 6. The van der Waals surface area contributed by atoms with Gasteiger partial charge in [0.25, 0.3) is 0 Å². The molecule has 0 N–H and O–H groups in total. The third-order valence-corrected chi connectivity index (χ3v) is 12.2. The second-order valence-corrected chi connectivity index (χ2v) is 14.0. The average molecular weight is 655 g/mol. The lowest BCUT2D eigenvalue weighted by Crippen LogP contribution is -2.32. The van der Waals surface area contributed by atoms with E-state index in [9.17, 15) is 26.3 Å². The summed E-state index contributed by atoms with van der Waals surface area (Å²) in [6.07, 6.45) is -6.38. The Hall–Kier alpha value is -4.06. The Balaban J connectivity index is 1.60. The molecule has 0 atom stereocenters. The van der Waals surface area contributed by atoms with E-state index in [1.807, 2.05) is 13.8 Å². The minimum Gasteiger partial charge on any atom is -0.166 e. The van der Waals surface area contributed by atoms with Crippen LogP contribution in [-0.4, -0.2) is 0 Å². The summed E-state index contributed by atoms with van der Waals surface area (Å²) in [6.45, 7) is 12.3. The highest BCUT2D eigenvalue weighted by Gasteiger charge is 2.45. The molecule has 246 valence electrons. The van der Waals surface area contributed by atoms with Gasteiger partial charge in [-0.05, 0) is 164 Å². The van der Waals surface area contributed by atoms with Crippen LogP contribution in [0.15, 0.2) is 60.7 Å². The van der Waals surface area contributed by atoms with E-state index in [0.717, 1.165) is 88.0 Å². The van der Waals surface area contributed by atoms with E-state index in [1.165, 1.54) is 24.3 Å². The van der Waals surface area contributed by atoms with Gasteiger partial charge in [0.1, 0.15) is 0 Å². The van der Waals surface area contributed by atoms with Gasteiger partial charge in [-0.2, -0.15) is 26.3 Å². The van der Waals surface area contributed by atoms with Crippen LogP contribution in [0.1, 0.15) is 97.9 Å². The maximum atomic E-state index is 14.1. The highest BCUT2D eigenvalue weighted by Crippen LogP contribution is 2.61. The van der Waals surface area contributed by atoms with Crippen molar-refractivity contribution in [3.63, 3.8) is 0 Å². The highest BCUT2D eigenvalue weighted by atomic mass is 19.4. The Morgan fingerprint density at radius 2 is 0.812 bits per heavy atom. The zero-order valence-corrected chi connectivity index (χ0v) is 27.9. The Morgan fingerprint density at radius 1 is 0.458 bits per heavy atom. The van der Waals surface area contributed by atoms with E-state index in [1.54, 1.807) is 12.1 Å². The molecule has 0 amide bonds. The maximum Gasteiger partial charge on any atom is 0.416 e. The van der Waals surface area contributed by atoms with Crippen molar-refractivity contribution in [2.75, 3.05) is 0 Å². The molecule has 0 aliphatic heterocycles. The van der Waals surface area contributed by atoms with E-state index in [-0.39, 0.29) is 0 Å². The fraction of sp³-hybridized carbons (Fsp3) is 0.333. The molecule has 6 aromatic carbocycles. The summed E-state index contributed by atoms with van der Waals surface area (Å²) in [7, 11) is 0. The summed E-state index contributed by atoms with van der Waals surface area (Å²) in [4.78, 5) is 0. The van der Waals surface area contributed by atoms with E-state index >= 15 is 0 Å². The quantitative estimate of drug-likeness (QED) is 0.131. The SMILES string of the molecule is CCC1(CC)c2cc(C(F)(F)F)ccc2-c2c(C)cc3cc4c5c(c(C)cc6cc1c2c3c65)-c1ccc(C(F)(F)F)cc1C4(CC)CC. The van der Waals surface area contributed by atoms with Crippen molar-refractivity contribution in [3.05, 3.63) is 105 Å². The maximum absolute atomic E-state index is 14.1. The average Bonchev–Trinajstić information content (AvgIpc) is 3.04. The predicted molar refractivity (Wildman–Crippen MR) is 183 cm³/mol. The molecule has 0 saturated heterocycles. The van der Waals surface area contributed by atoms with E-state index < -0.39 is 34.3 Å². The van der Waals surface area contributed by atoms with Gasteiger partial charge in [-0.3, -0.25) is 0 Å². The van der Waals surface area contributed by atoms with Crippen LogP contribution in [0, 0.1) is 13.8 Å². The summed E-state index contributed by atoms with van der Waals surface area (Å²) in [5.74, 6) is 0. The van der Waals surface area contributed by atoms with Crippen LogP contribution in [0.25, 0.3) is 54.6 Å². The zero-order valence-electron chi connectivity index (χ0n) is 27.9. The minimum absolute atomic E-state index is 0.631. The van der Waals surface area contributed by atoms with Crippen LogP contribution in [0.5, 0.6) is 0 Å². The van der Waals surface area contributed by atoms with Gasteiger partial charge in [0.2, 0.25) is 0 Å². The van der Waals surface area contributed by atoms with Crippen molar-refractivity contribution in [2.45, 2.75) is 90.4 Å². The van der Waals surface area contributed by atoms with Gasteiger partial charge < -0.3 is 0 Å². The number of rotatable bonds is 4. The molecule has 6 heteroatoms. The molecular weight excluding hydrogens is 618 g/mol. The number of fused-ring (bicyclic) bond motifs is 4. The van der Waals surface area contributed by atoms with Crippen molar-refractivity contribution in [1.29, 1.82) is 0 Å². The first kappa shape index (κ1) is 31.2. The Kier molecular flexibility index (Phi) is 6.35. The van der Waals surface area contributed by atoms with Gasteiger partial charge in [0, 0.05) is 10.8 Å².